The summed E-state index contributed by atoms with van der Waals surface area (Å²) in [7, 11) is 0. The van der Waals surface area contributed by atoms with Crippen LogP contribution in [0.2, 0.25) is 0 Å². The van der Waals surface area contributed by atoms with E-state index in [1.807, 2.05) is 0 Å². The summed E-state index contributed by atoms with van der Waals surface area (Å²) in [5.74, 6) is 0. The van der Waals surface area contributed by atoms with Crippen LogP contribution in [0.5, 0.6) is 0 Å². The zero-order chi connectivity index (χ0) is 10.1. The molecule has 0 aliphatic heterocycles. The SMILES string of the molecule is CCn1c(CN)cc2cc(Br)ccc21. The average molecular weight is 253 g/mol. The summed E-state index contributed by atoms with van der Waals surface area (Å²) in [5, 5.41) is 1.25. The molecule has 2 N–H and O–H groups in total. The van der Waals surface area contributed by atoms with Crippen molar-refractivity contribution in [3.63, 3.8) is 0 Å². The van der Waals surface area contributed by atoms with Crippen molar-refractivity contribution in [1.82, 2.24) is 4.57 Å². The fraction of sp³-hybridized carbons (Fsp3) is 0.273. The molecule has 0 radical (unpaired) electrons. The highest BCUT2D eigenvalue weighted by molar-refractivity contribution is 9.10. The predicted octanol–water partition coefficient (Wildman–Crippen LogP) is 2.88. The van der Waals surface area contributed by atoms with Crippen LogP contribution in [0.25, 0.3) is 10.9 Å². The fourth-order valence-electron chi connectivity index (χ4n) is 1.84. The van der Waals surface area contributed by atoms with E-state index in [1.54, 1.807) is 0 Å². The van der Waals surface area contributed by atoms with Gasteiger partial charge in [0.1, 0.15) is 0 Å². The first kappa shape index (κ1) is 9.74. The van der Waals surface area contributed by atoms with Crippen LogP contribution < -0.4 is 5.73 Å². The molecule has 0 amide bonds. The molecule has 2 rings (SSSR count). The van der Waals surface area contributed by atoms with Gasteiger partial charge < -0.3 is 10.3 Å². The van der Waals surface area contributed by atoms with Crippen LogP contribution in [0.15, 0.2) is 28.7 Å². The number of halogens is 1. The van der Waals surface area contributed by atoms with E-state index in [2.05, 4.69) is 51.7 Å². The minimum absolute atomic E-state index is 0.597. The van der Waals surface area contributed by atoms with Crippen LogP contribution in [-0.4, -0.2) is 4.57 Å². The van der Waals surface area contributed by atoms with Gasteiger partial charge in [0.05, 0.1) is 0 Å². The van der Waals surface area contributed by atoms with E-state index in [1.165, 1.54) is 16.6 Å². The molecule has 0 fully saturated rings. The first-order chi connectivity index (χ1) is 6.76. The highest BCUT2D eigenvalue weighted by Crippen LogP contribution is 2.23. The molecule has 0 saturated heterocycles. The smallest absolute Gasteiger partial charge is 0.0483 e. The number of fused-ring (bicyclic) bond motifs is 1. The van der Waals surface area contributed by atoms with Crippen molar-refractivity contribution in [2.24, 2.45) is 5.73 Å². The van der Waals surface area contributed by atoms with Gasteiger partial charge in [0.15, 0.2) is 0 Å². The molecule has 2 aromatic rings. The maximum absolute atomic E-state index is 5.70. The Morgan fingerprint density at radius 3 is 2.79 bits per heavy atom. The van der Waals surface area contributed by atoms with Crippen molar-refractivity contribution in [2.75, 3.05) is 0 Å². The largest absolute Gasteiger partial charge is 0.344 e. The van der Waals surface area contributed by atoms with Gasteiger partial charge in [-0.25, -0.2) is 0 Å². The van der Waals surface area contributed by atoms with Gasteiger partial charge in [-0.05, 0) is 31.2 Å². The highest BCUT2D eigenvalue weighted by Gasteiger charge is 2.05. The molecule has 0 aliphatic rings. The lowest BCUT2D eigenvalue weighted by molar-refractivity contribution is 0.739. The summed E-state index contributed by atoms with van der Waals surface area (Å²) in [6, 6.07) is 8.47. The monoisotopic (exact) mass is 252 g/mol. The summed E-state index contributed by atoms with van der Waals surface area (Å²) in [4.78, 5) is 0. The number of rotatable bonds is 2. The van der Waals surface area contributed by atoms with Gasteiger partial charge in [-0.1, -0.05) is 15.9 Å². The van der Waals surface area contributed by atoms with E-state index in [0.29, 0.717) is 6.54 Å². The van der Waals surface area contributed by atoms with Gasteiger partial charge in [0.25, 0.3) is 0 Å². The Balaban J connectivity index is 2.73. The predicted molar refractivity (Wildman–Crippen MR) is 63.2 cm³/mol. The standard InChI is InChI=1S/C11H13BrN2/c1-2-14-10(7-13)6-8-5-9(12)3-4-11(8)14/h3-6H,2,7,13H2,1H3. The van der Waals surface area contributed by atoms with Crippen LogP contribution in [0.1, 0.15) is 12.6 Å². The van der Waals surface area contributed by atoms with E-state index in [0.717, 1.165) is 11.0 Å². The molecular weight excluding hydrogens is 240 g/mol. The van der Waals surface area contributed by atoms with E-state index < -0.39 is 0 Å². The Kier molecular flexibility index (Phi) is 2.61. The molecule has 0 aliphatic carbocycles. The third-order valence-corrected chi connectivity index (χ3v) is 2.97. The zero-order valence-corrected chi connectivity index (χ0v) is 9.71. The van der Waals surface area contributed by atoms with Crippen LogP contribution in [0, 0.1) is 0 Å². The number of nitrogens with zero attached hydrogens (tertiary/aromatic N) is 1. The lowest BCUT2D eigenvalue weighted by Gasteiger charge is -2.05. The molecule has 0 unspecified atom stereocenters. The second kappa shape index (κ2) is 3.75. The minimum Gasteiger partial charge on any atom is -0.344 e. The topological polar surface area (TPSA) is 30.9 Å². The molecule has 0 atom stereocenters. The highest BCUT2D eigenvalue weighted by atomic mass is 79.9. The lowest BCUT2D eigenvalue weighted by Crippen LogP contribution is -2.05. The minimum atomic E-state index is 0.597. The van der Waals surface area contributed by atoms with Crippen LogP contribution in [0.4, 0.5) is 0 Å². The average Bonchev–Trinajstić information content (AvgIpc) is 2.54. The van der Waals surface area contributed by atoms with Gasteiger partial charge in [-0.2, -0.15) is 0 Å². The zero-order valence-electron chi connectivity index (χ0n) is 8.13. The number of aryl methyl sites for hydroxylation is 1. The van der Waals surface area contributed by atoms with Crippen molar-refractivity contribution in [2.45, 2.75) is 20.0 Å². The number of hydrogen-bond donors (Lipinski definition) is 1. The summed E-state index contributed by atoms with van der Waals surface area (Å²) >= 11 is 3.47. The Morgan fingerprint density at radius 1 is 1.36 bits per heavy atom. The Morgan fingerprint density at radius 2 is 2.14 bits per heavy atom. The molecule has 14 heavy (non-hydrogen) atoms. The second-order valence-electron chi connectivity index (χ2n) is 3.29. The number of hydrogen-bond acceptors (Lipinski definition) is 1. The molecule has 1 heterocycles. The second-order valence-corrected chi connectivity index (χ2v) is 4.20. The Labute approximate surface area is 91.8 Å². The summed E-state index contributed by atoms with van der Waals surface area (Å²) in [6.07, 6.45) is 0. The van der Waals surface area contributed by atoms with Gasteiger partial charge in [0.2, 0.25) is 0 Å². The molecule has 1 aromatic carbocycles. The molecule has 0 bridgehead atoms. The molecule has 0 saturated carbocycles. The normalized spacial score (nSPS) is 11.1. The summed E-state index contributed by atoms with van der Waals surface area (Å²) in [5.41, 5.74) is 8.15. The van der Waals surface area contributed by atoms with Gasteiger partial charge >= 0.3 is 0 Å². The Bertz CT molecular complexity index is 460. The first-order valence-electron chi connectivity index (χ1n) is 4.74. The quantitative estimate of drug-likeness (QED) is 0.876. The van der Waals surface area contributed by atoms with Gasteiger partial charge in [0, 0.05) is 34.2 Å². The van der Waals surface area contributed by atoms with Crippen LogP contribution in [0.3, 0.4) is 0 Å². The molecule has 0 spiro atoms. The summed E-state index contributed by atoms with van der Waals surface area (Å²) < 4.78 is 3.36. The van der Waals surface area contributed by atoms with E-state index in [-0.39, 0.29) is 0 Å². The van der Waals surface area contributed by atoms with E-state index in [4.69, 9.17) is 5.73 Å². The fourth-order valence-corrected chi connectivity index (χ4v) is 2.22. The third-order valence-electron chi connectivity index (χ3n) is 2.47. The van der Waals surface area contributed by atoms with E-state index >= 15 is 0 Å². The van der Waals surface area contributed by atoms with Crippen molar-refractivity contribution < 1.29 is 0 Å². The molecule has 3 heteroatoms. The molecular formula is C11H13BrN2. The Hall–Kier alpha value is -0.800. The van der Waals surface area contributed by atoms with E-state index in [9.17, 15) is 0 Å². The van der Waals surface area contributed by atoms with Crippen LogP contribution in [-0.2, 0) is 13.1 Å². The number of aromatic nitrogens is 1. The van der Waals surface area contributed by atoms with Crippen molar-refractivity contribution in [3.05, 3.63) is 34.4 Å². The first-order valence-corrected chi connectivity index (χ1v) is 5.53. The number of benzene rings is 1. The third kappa shape index (κ3) is 1.47. The molecule has 1 aromatic heterocycles. The van der Waals surface area contributed by atoms with Gasteiger partial charge in [-0.3, -0.25) is 0 Å². The van der Waals surface area contributed by atoms with Crippen molar-refractivity contribution in [1.29, 1.82) is 0 Å². The maximum Gasteiger partial charge on any atom is 0.0483 e. The van der Waals surface area contributed by atoms with Gasteiger partial charge in [-0.15, -0.1) is 0 Å². The molecule has 2 nitrogen and oxygen atoms in total. The van der Waals surface area contributed by atoms with Crippen molar-refractivity contribution >= 4 is 26.8 Å². The van der Waals surface area contributed by atoms with Crippen LogP contribution >= 0.6 is 15.9 Å². The van der Waals surface area contributed by atoms with Crippen molar-refractivity contribution in [3.8, 4) is 0 Å². The molecule has 74 valence electrons. The number of nitrogens with two attached hydrogens (primary N) is 1. The maximum atomic E-state index is 5.70. The summed E-state index contributed by atoms with van der Waals surface area (Å²) in [6.45, 7) is 3.71. The lowest BCUT2D eigenvalue weighted by atomic mass is 10.2.